The number of benzene rings is 4. The summed E-state index contributed by atoms with van der Waals surface area (Å²) in [6.45, 7) is 0. The van der Waals surface area contributed by atoms with Crippen LogP contribution in [0.1, 0.15) is 22.8 Å². The van der Waals surface area contributed by atoms with Gasteiger partial charge in [0.2, 0.25) is 0 Å². The molecule has 5 heterocycles. The predicted molar refractivity (Wildman–Crippen MR) is 216 cm³/mol. The maximum absolute atomic E-state index is 6.13. The first kappa shape index (κ1) is 35.9. The van der Waals surface area contributed by atoms with Crippen molar-refractivity contribution in [3.8, 4) is 44.5 Å². The van der Waals surface area contributed by atoms with Gasteiger partial charge in [-0.2, -0.15) is 0 Å². The molecule has 8 bridgehead atoms. The zero-order valence-electron chi connectivity index (χ0n) is 28.7. The van der Waals surface area contributed by atoms with Gasteiger partial charge in [0, 0.05) is 39.8 Å². The Balaban J connectivity index is 0.00000225. The number of nitrogens with two attached hydrogens (primary N) is 4. The van der Waals surface area contributed by atoms with Gasteiger partial charge in [-0.15, -0.1) is 22.1 Å². The smallest absolute Gasteiger partial charge is 0.0704 e. The van der Waals surface area contributed by atoms with Crippen molar-refractivity contribution in [2.24, 2.45) is 0 Å². The third-order valence-electron chi connectivity index (χ3n) is 9.41. The van der Waals surface area contributed by atoms with Gasteiger partial charge >= 0.3 is 0 Å². The second kappa shape index (κ2) is 14.5. The van der Waals surface area contributed by atoms with E-state index >= 15 is 0 Å². The Morgan fingerprint density at radius 1 is 0.315 bits per heavy atom. The first-order chi connectivity index (χ1) is 25.4. The van der Waals surface area contributed by atoms with Crippen LogP contribution < -0.4 is 45.3 Å². The normalized spacial score (nSPS) is 11.6. The summed E-state index contributed by atoms with van der Waals surface area (Å²) in [6.07, 6.45) is 8.15. The van der Waals surface area contributed by atoms with Crippen LogP contribution in [0.5, 0.6) is 0 Å². The Hall–Kier alpha value is -6.51. The fourth-order valence-electron chi connectivity index (χ4n) is 6.87. The van der Waals surface area contributed by atoms with Crippen LogP contribution in [0.2, 0.25) is 0 Å². The molecule has 4 aromatic carbocycles. The van der Waals surface area contributed by atoms with E-state index in [1.165, 1.54) is 0 Å². The number of nitrogen functional groups attached to an aromatic ring is 4. The largest absolute Gasteiger partial charge is 1.00 e. The number of hydrogen-bond donors (Lipinski definition) is 4. The Kier molecular flexibility index (Phi) is 9.62. The summed E-state index contributed by atoms with van der Waals surface area (Å²) in [6, 6.07) is 39.4. The van der Waals surface area contributed by atoms with E-state index < -0.39 is 0 Å². The molecule has 10 heteroatoms. The van der Waals surface area contributed by atoms with Crippen molar-refractivity contribution in [2.45, 2.75) is 0 Å². The summed E-state index contributed by atoms with van der Waals surface area (Å²) in [5.74, 6) is 0. The van der Waals surface area contributed by atoms with Crippen LogP contribution in [0, 0.1) is 0 Å². The number of rotatable bonds is 4. The number of aromatic nitrogens is 4. The third-order valence-corrected chi connectivity index (χ3v) is 9.41. The van der Waals surface area contributed by atoms with Gasteiger partial charge in [0.15, 0.2) is 0 Å². The first-order valence-corrected chi connectivity index (χ1v) is 16.9. The molecule has 0 saturated carbocycles. The molecular formula is C44H32ClFeN8-3. The molecule has 3 aromatic heterocycles. The van der Waals surface area contributed by atoms with E-state index in [1.54, 1.807) is 0 Å². The van der Waals surface area contributed by atoms with E-state index in [2.05, 4.69) is 0 Å². The maximum Gasteiger partial charge on any atom is 0.0704 e. The molecule has 0 amide bonds. The molecule has 2 aliphatic rings. The van der Waals surface area contributed by atoms with Gasteiger partial charge in [0.25, 0.3) is 0 Å². The van der Waals surface area contributed by atoms with E-state index in [9.17, 15) is 0 Å². The molecule has 0 saturated heterocycles. The molecule has 0 fully saturated rings. The first-order valence-electron chi connectivity index (χ1n) is 16.9. The monoisotopic (exact) mass is 763 g/mol. The molecule has 0 unspecified atom stereocenters. The summed E-state index contributed by atoms with van der Waals surface area (Å²) in [4.78, 5) is 21.1. The van der Waals surface area contributed by atoms with Crippen LogP contribution in [0.3, 0.4) is 0 Å². The van der Waals surface area contributed by atoms with Crippen LogP contribution >= 0.6 is 0 Å². The summed E-state index contributed by atoms with van der Waals surface area (Å²) < 4.78 is 0. The van der Waals surface area contributed by atoms with Crippen LogP contribution in [0.15, 0.2) is 121 Å². The summed E-state index contributed by atoms with van der Waals surface area (Å²) in [5, 5.41) is 0. The van der Waals surface area contributed by atoms with Crippen molar-refractivity contribution in [2.75, 3.05) is 22.9 Å². The van der Waals surface area contributed by atoms with Crippen LogP contribution in [-0.2, 0) is 17.1 Å². The number of hydrogen-bond acceptors (Lipinski definition) is 6. The zero-order chi connectivity index (χ0) is 35.3. The second-order valence-electron chi connectivity index (χ2n) is 12.9. The molecule has 0 spiro atoms. The van der Waals surface area contributed by atoms with Crippen molar-refractivity contribution in [1.82, 2.24) is 19.9 Å². The average molecular weight is 764 g/mol. The van der Waals surface area contributed by atoms with E-state index in [1.807, 2.05) is 146 Å². The summed E-state index contributed by atoms with van der Waals surface area (Å²) >= 11 is 0. The quantitative estimate of drug-likeness (QED) is 0.127. The van der Waals surface area contributed by atoms with Gasteiger partial charge in [-0.05, 0) is 117 Å². The third kappa shape index (κ3) is 6.52. The zero-order valence-corrected chi connectivity index (χ0v) is 30.5. The maximum atomic E-state index is 6.13. The van der Waals surface area contributed by atoms with Gasteiger partial charge in [-0.3, -0.25) is 0 Å². The fraction of sp³-hybridized carbons (Fsp3) is 0. The molecule has 54 heavy (non-hydrogen) atoms. The molecule has 8 nitrogen and oxygen atoms in total. The standard InChI is InChI=1S/C44H32N8.ClH.Fe/c45-29-9-1-25(2-10-29)41-33-17-19-35(49-33)42(26-3-11-30(46)12-4-26)37-21-23-39(51-37)44(28-7-15-32(48)16-8-28)40-24-22-38(52-40)43(36-20-18-34(41)50-36)27-5-13-31(47)14-6-27;;/h1-24H,45-48H2;1H;/q-2;;/p-1. The van der Waals surface area contributed by atoms with Crippen LogP contribution in [0.4, 0.5) is 22.7 Å². The van der Waals surface area contributed by atoms with Gasteiger partial charge < -0.3 is 45.3 Å². The van der Waals surface area contributed by atoms with Crippen molar-refractivity contribution in [3.63, 3.8) is 0 Å². The van der Waals surface area contributed by atoms with E-state index in [-0.39, 0.29) is 29.5 Å². The van der Waals surface area contributed by atoms with Gasteiger partial charge in [0.05, 0.1) is 22.8 Å². The number of fused-ring (bicyclic) bond motifs is 8. The van der Waals surface area contributed by atoms with Crippen molar-refractivity contribution in [3.05, 3.63) is 144 Å². The number of halogens is 1. The Morgan fingerprint density at radius 3 is 0.722 bits per heavy atom. The van der Waals surface area contributed by atoms with E-state index in [0.29, 0.717) is 22.7 Å². The average Bonchev–Trinajstić information content (AvgIpc) is 3.99. The van der Waals surface area contributed by atoms with E-state index in [0.717, 1.165) is 89.4 Å². The topological polar surface area (TPSA) is 158 Å². The molecule has 9 rings (SSSR count). The van der Waals surface area contributed by atoms with Crippen LogP contribution in [-0.4, -0.2) is 9.97 Å². The van der Waals surface area contributed by atoms with Gasteiger partial charge in [-0.25, -0.2) is 9.97 Å². The molecule has 266 valence electrons. The second-order valence-corrected chi connectivity index (χ2v) is 12.9. The van der Waals surface area contributed by atoms with Crippen molar-refractivity contribution < 1.29 is 29.5 Å². The minimum absolute atomic E-state index is 0. The minimum atomic E-state index is 0. The molecule has 0 radical (unpaired) electrons. The Bertz CT molecular complexity index is 2370. The van der Waals surface area contributed by atoms with Crippen molar-refractivity contribution >= 4 is 69.1 Å². The molecule has 0 atom stereocenters. The molecular weight excluding hydrogens is 732 g/mol. The molecule has 7 aromatic rings. The molecule has 0 aliphatic carbocycles. The Labute approximate surface area is 328 Å². The SMILES string of the molecule is Nc1ccc(-c2c3nc(c(-c4ccc(N)cc4)c4ccc([n-]4)c(-c4ccc(N)cc4)c4nc(c(-c5ccc(N)cc5)c5ccc2[n-]5)C=C4)C=C3)cc1.[Cl-].[Fe]. The summed E-state index contributed by atoms with van der Waals surface area (Å²) in [7, 11) is 0. The van der Waals surface area contributed by atoms with Crippen LogP contribution in [0.25, 0.3) is 90.9 Å². The van der Waals surface area contributed by atoms with Gasteiger partial charge in [0.1, 0.15) is 0 Å². The summed E-state index contributed by atoms with van der Waals surface area (Å²) in [5.41, 5.74) is 40.7. The number of nitrogens with zero attached hydrogens (tertiary/aromatic N) is 4. The van der Waals surface area contributed by atoms with E-state index in [4.69, 9.17) is 42.9 Å². The minimum Gasteiger partial charge on any atom is -1.00 e. The molecule has 8 N–H and O–H groups in total. The molecule has 2 aliphatic heterocycles. The van der Waals surface area contributed by atoms with Gasteiger partial charge in [-0.1, -0.05) is 72.8 Å². The van der Waals surface area contributed by atoms with Crippen molar-refractivity contribution in [1.29, 1.82) is 0 Å². The Morgan fingerprint density at radius 2 is 0.519 bits per heavy atom. The number of anilines is 4. The fourth-order valence-corrected chi connectivity index (χ4v) is 6.87. The predicted octanol–water partition coefficient (Wildman–Crippen LogP) is 5.91.